The zero-order valence-corrected chi connectivity index (χ0v) is 14.6. The first-order valence-electron chi connectivity index (χ1n) is 7.46. The van der Waals surface area contributed by atoms with E-state index in [9.17, 15) is 9.59 Å². The van der Waals surface area contributed by atoms with Gasteiger partial charge >= 0.3 is 0 Å². The van der Waals surface area contributed by atoms with Gasteiger partial charge in [-0.05, 0) is 31.4 Å². The summed E-state index contributed by atoms with van der Waals surface area (Å²) in [6.07, 6.45) is 0. The van der Waals surface area contributed by atoms with E-state index in [4.69, 9.17) is 0 Å². The fourth-order valence-corrected chi connectivity index (χ4v) is 2.77. The maximum absolute atomic E-state index is 12.1. The minimum atomic E-state index is -0.194. The molecule has 0 bridgehead atoms. The van der Waals surface area contributed by atoms with E-state index in [1.165, 1.54) is 17.8 Å². The van der Waals surface area contributed by atoms with Crippen molar-refractivity contribution in [2.75, 3.05) is 11.1 Å². The molecule has 1 amide bonds. The zero-order chi connectivity index (χ0) is 17.0. The first-order valence-corrected chi connectivity index (χ1v) is 8.45. The molecule has 2 N–H and O–H groups in total. The monoisotopic (exact) mass is 331 g/mol. The van der Waals surface area contributed by atoms with E-state index in [-0.39, 0.29) is 23.1 Å². The average Bonchev–Trinajstić information content (AvgIpc) is 2.47. The lowest BCUT2D eigenvalue weighted by Crippen LogP contribution is -2.16. The summed E-state index contributed by atoms with van der Waals surface area (Å²) in [6.45, 7) is 7.92. The predicted molar refractivity (Wildman–Crippen MR) is 94.2 cm³/mol. The minimum absolute atomic E-state index is 0.125. The van der Waals surface area contributed by atoms with E-state index in [1.807, 2.05) is 45.9 Å². The van der Waals surface area contributed by atoms with Gasteiger partial charge in [-0.1, -0.05) is 43.3 Å². The van der Waals surface area contributed by atoms with Crippen LogP contribution in [-0.2, 0) is 4.79 Å². The molecule has 2 rings (SSSR count). The number of anilines is 1. The number of aromatic nitrogens is 2. The van der Waals surface area contributed by atoms with Gasteiger partial charge in [0.25, 0.3) is 5.56 Å². The summed E-state index contributed by atoms with van der Waals surface area (Å²) in [4.78, 5) is 30.7. The minimum Gasteiger partial charge on any atom is -0.325 e. The molecular formula is C17H21N3O2S. The number of aromatic amines is 1. The normalized spacial score (nSPS) is 10.8. The Morgan fingerprint density at radius 2 is 2.04 bits per heavy atom. The molecule has 5 nitrogen and oxygen atoms in total. The molecule has 122 valence electrons. The van der Waals surface area contributed by atoms with Crippen LogP contribution in [0.3, 0.4) is 0 Å². The Labute approximate surface area is 139 Å². The quantitative estimate of drug-likeness (QED) is 0.651. The lowest BCUT2D eigenvalue weighted by molar-refractivity contribution is -0.113. The van der Waals surface area contributed by atoms with Crippen LogP contribution in [0, 0.1) is 13.8 Å². The van der Waals surface area contributed by atoms with E-state index in [0.717, 1.165) is 22.5 Å². The standard InChI is InChI=1S/C17H21N3O2S/c1-10(2)14-8-15(21)20-17(19-14)23-9-16(22)18-13-6-5-11(3)7-12(13)4/h5-8,10H,9H2,1-4H3,(H,18,22)(H,19,20,21). The van der Waals surface area contributed by atoms with Gasteiger partial charge in [0, 0.05) is 11.8 Å². The highest BCUT2D eigenvalue weighted by Crippen LogP contribution is 2.18. The van der Waals surface area contributed by atoms with Gasteiger partial charge in [-0.3, -0.25) is 9.59 Å². The topological polar surface area (TPSA) is 74.8 Å². The number of nitrogens with zero attached hydrogens (tertiary/aromatic N) is 1. The third-order valence-corrected chi connectivity index (χ3v) is 4.20. The van der Waals surface area contributed by atoms with Gasteiger partial charge in [0.2, 0.25) is 5.91 Å². The number of amides is 1. The van der Waals surface area contributed by atoms with Crippen LogP contribution in [0.15, 0.2) is 34.2 Å². The maximum atomic E-state index is 12.1. The highest BCUT2D eigenvalue weighted by molar-refractivity contribution is 7.99. The highest BCUT2D eigenvalue weighted by atomic mass is 32.2. The largest absolute Gasteiger partial charge is 0.325 e. The van der Waals surface area contributed by atoms with E-state index < -0.39 is 0 Å². The summed E-state index contributed by atoms with van der Waals surface area (Å²) in [5.41, 5.74) is 3.52. The predicted octanol–water partition coefficient (Wildman–Crippen LogP) is 3.24. The molecule has 0 aliphatic carbocycles. The molecule has 0 fully saturated rings. The van der Waals surface area contributed by atoms with Crippen molar-refractivity contribution in [1.82, 2.24) is 9.97 Å². The van der Waals surface area contributed by atoms with Crippen molar-refractivity contribution in [3.05, 3.63) is 51.4 Å². The van der Waals surface area contributed by atoms with Crippen LogP contribution in [-0.4, -0.2) is 21.6 Å². The number of hydrogen-bond acceptors (Lipinski definition) is 4. The summed E-state index contributed by atoms with van der Waals surface area (Å²) >= 11 is 1.22. The fraction of sp³-hybridized carbons (Fsp3) is 0.353. The Kier molecular flexibility index (Phi) is 5.60. The van der Waals surface area contributed by atoms with E-state index >= 15 is 0 Å². The van der Waals surface area contributed by atoms with Gasteiger partial charge in [0.05, 0.1) is 11.4 Å². The molecule has 0 radical (unpaired) electrons. The highest BCUT2D eigenvalue weighted by Gasteiger charge is 2.09. The molecule has 6 heteroatoms. The molecule has 23 heavy (non-hydrogen) atoms. The lowest BCUT2D eigenvalue weighted by atomic mass is 10.1. The second-order valence-corrected chi connectivity index (χ2v) is 6.75. The van der Waals surface area contributed by atoms with Gasteiger partial charge in [-0.15, -0.1) is 0 Å². The van der Waals surface area contributed by atoms with Gasteiger partial charge in [-0.25, -0.2) is 4.98 Å². The van der Waals surface area contributed by atoms with Crippen LogP contribution in [0.1, 0.15) is 36.6 Å². The van der Waals surface area contributed by atoms with Crippen LogP contribution in [0.25, 0.3) is 0 Å². The third kappa shape index (κ3) is 4.96. The van der Waals surface area contributed by atoms with Gasteiger partial charge < -0.3 is 10.3 Å². The number of carbonyl (C=O) groups is 1. The van der Waals surface area contributed by atoms with E-state index in [1.54, 1.807) is 0 Å². The number of rotatable bonds is 5. The van der Waals surface area contributed by atoms with Gasteiger partial charge in [0.15, 0.2) is 5.16 Å². The smallest absolute Gasteiger partial charge is 0.251 e. The van der Waals surface area contributed by atoms with Crippen LogP contribution in [0.5, 0.6) is 0 Å². The Morgan fingerprint density at radius 3 is 2.70 bits per heavy atom. The van der Waals surface area contributed by atoms with E-state index in [0.29, 0.717) is 5.16 Å². The Hall–Kier alpha value is -2.08. The summed E-state index contributed by atoms with van der Waals surface area (Å²) in [5.74, 6) is 0.234. The Balaban J connectivity index is 2.00. The summed E-state index contributed by atoms with van der Waals surface area (Å²) in [7, 11) is 0. The van der Waals surface area contributed by atoms with Gasteiger partial charge in [-0.2, -0.15) is 0 Å². The fourth-order valence-electron chi connectivity index (χ4n) is 2.09. The number of nitrogens with one attached hydrogen (secondary N) is 2. The summed E-state index contributed by atoms with van der Waals surface area (Å²) in [5, 5.41) is 3.35. The molecule has 2 aromatic rings. The van der Waals surface area contributed by atoms with Crippen LogP contribution in [0.2, 0.25) is 0 Å². The molecule has 0 atom stereocenters. The first-order chi connectivity index (χ1) is 10.8. The number of H-pyrrole nitrogens is 1. The third-order valence-electron chi connectivity index (χ3n) is 3.33. The van der Waals surface area contributed by atoms with Crippen LogP contribution < -0.4 is 10.9 Å². The number of hydrogen-bond donors (Lipinski definition) is 2. The molecular weight excluding hydrogens is 310 g/mol. The summed E-state index contributed by atoms with van der Waals surface area (Å²) in [6, 6.07) is 7.37. The lowest BCUT2D eigenvalue weighted by Gasteiger charge is -2.09. The summed E-state index contributed by atoms with van der Waals surface area (Å²) < 4.78 is 0. The first kappa shape index (κ1) is 17.3. The zero-order valence-electron chi connectivity index (χ0n) is 13.8. The molecule has 1 aromatic heterocycles. The Bertz CT molecular complexity index is 769. The van der Waals surface area contributed by atoms with Crippen molar-refractivity contribution in [2.24, 2.45) is 0 Å². The number of thioether (sulfide) groups is 1. The number of aryl methyl sites for hydroxylation is 2. The van der Waals surface area contributed by atoms with Crippen molar-refractivity contribution in [2.45, 2.75) is 38.8 Å². The van der Waals surface area contributed by atoms with Crippen LogP contribution in [0.4, 0.5) is 5.69 Å². The SMILES string of the molecule is Cc1ccc(NC(=O)CSc2nc(C(C)C)cc(=O)[nH]2)c(C)c1. The van der Waals surface area contributed by atoms with Crippen molar-refractivity contribution >= 4 is 23.4 Å². The average molecular weight is 331 g/mol. The molecule has 0 aliphatic heterocycles. The maximum Gasteiger partial charge on any atom is 0.251 e. The molecule has 0 aliphatic rings. The molecule has 1 aromatic carbocycles. The molecule has 0 spiro atoms. The molecule has 0 unspecified atom stereocenters. The number of carbonyl (C=O) groups excluding carboxylic acids is 1. The van der Waals surface area contributed by atoms with E-state index in [2.05, 4.69) is 15.3 Å². The molecule has 0 saturated carbocycles. The Morgan fingerprint density at radius 1 is 1.30 bits per heavy atom. The number of benzene rings is 1. The molecule has 1 heterocycles. The van der Waals surface area contributed by atoms with Crippen molar-refractivity contribution in [1.29, 1.82) is 0 Å². The second-order valence-electron chi connectivity index (χ2n) is 5.79. The van der Waals surface area contributed by atoms with Crippen molar-refractivity contribution in [3.63, 3.8) is 0 Å². The van der Waals surface area contributed by atoms with Crippen LogP contribution >= 0.6 is 11.8 Å². The van der Waals surface area contributed by atoms with Crippen molar-refractivity contribution in [3.8, 4) is 0 Å². The van der Waals surface area contributed by atoms with Gasteiger partial charge in [0.1, 0.15) is 0 Å². The second kappa shape index (κ2) is 7.46. The van der Waals surface area contributed by atoms with Crippen molar-refractivity contribution < 1.29 is 4.79 Å². The molecule has 0 saturated heterocycles.